The minimum Gasteiger partial charge on any atom is -0.507 e. The molecule has 176 valence electrons. The van der Waals surface area contributed by atoms with E-state index in [0.717, 1.165) is 6.07 Å². The minimum absolute atomic E-state index is 0.0212. The Morgan fingerprint density at radius 2 is 1.50 bits per heavy atom. The highest BCUT2D eigenvalue weighted by Crippen LogP contribution is 2.31. The highest BCUT2D eigenvalue weighted by Gasteiger charge is 2.19. The maximum Gasteiger partial charge on any atom is 0.335 e. The first-order valence-corrected chi connectivity index (χ1v) is 10.1. The number of hydrogen-bond acceptors (Lipinski definition) is 7. The molecule has 0 heterocycles. The lowest BCUT2D eigenvalue weighted by Crippen LogP contribution is -2.16. The third kappa shape index (κ3) is 5.36. The second kappa shape index (κ2) is 9.82. The zero-order valence-corrected chi connectivity index (χ0v) is 18.2. The van der Waals surface area contributed by atoms with Crippen molar-refractivity contribution in [3.05, 3.63) is 71.3 Å². The second-order valence-electron chi connectivity index (χ2n) is 7.49. The van der Waals surface area contributed by atoms with Gasteiger partial charge in [0.05, 0.1) is 22.9 Å². The van der Waals surface area contributed by atoms with Gasteiger partial charge < -0.3 is 35.8 Å². The molecule has 0 aliphatic heterocycles. The van der Waals surface area contributed by atoms with Gasteiger partial charge in [-0.3, -0.25) is 9.59 Å². The number of phenols is 3. The molecule has 3 rings (SSSR count). The van der Waals surface area contributed by atoms with Crippen LogP contribution in [-0.4, -0.2) is 44.3 Å². The molecule has 0 atom stereocenters. The number of aromatic hydroxyl groups is 3. The summed E-state index contributed by atoms with van der Waals surface area (Å²) >= 11 is 0. The number of ether oxygens (including phenoxy) is 1. The van der Waals surface area contributed by atoms with Crippen LogP contribution in [0.25, 0.3) is 0 Å². The lowest BCUT2D eigenvalue weighted by molar-refractivity contribution is 0.0695. The van der Waals surface area contributed by atoms with Crippen LogP contribution in [0.3, 0.4) is 0 Å². The molecule has 3 aromatic rings. The van der Waals surface area contributed by atoms with Gasteiger partial charge in [-0.15, -0.1) is 0 Å². The summed E-state index contributed by atoms with van der Waals surface area (Å²) in [6, 6.07) is 11.5. The molecule has 2 amide bonds. The van der Waals surface area contributed by atoms with Gasteiger partial charge in [0.1, 0.15) is 28.6 Å². The van der Waals surface area contributed by atoms with Gasteiger partial charge in [0.25, 0.3) is 11.8 Å². The molecular formula is C24H22N2O8. The molecule has 0 aliphatic carbocycles. The smallest absolute Gasteiger partial charge is 0.335 e. The van der Waals surface area contributed by atoms with E-state index in [4.69, 9.17) is 4.74 Å². The fraction of sp³-hybridized carbons (Fsp3) is 0.125. The number of rotatable bonds is 7. The van der Waals surface area contributed by atoms with Crippen molar-refractivity contribution in [2.45, 2.75) is 20.0 Å². The Balaban J connectivity index is 1.81. The SMILES string of the molecule is CC(C)Oc1cc(C(=O)O)ccc1NC(=O)c1ccc(NC(=O)c2c(O)cccc2O)cc1O. The van der Waals surface area contributed by atoms with E-state index in [1.807, 2.05) is 0 Å². The number of nitrogens with one attached hydrogen (secondary N) is 2. The molecule has 0 aliphatic rings. The standard InChI is InChI=1S/C24H22N2O8/c1-12(2)34-20-10-13(24(32)33)6-9-16(20)26-22(30)15-8-7-14(11-19(15)29)25-23(31)21-17(27)4-3-5-18(21)28/h3-12,27-29H,1-2H3,(H,25,31)(H,26,30)(H,32,33). The Morgan fingerprint density at radius 3 is 2.09 bits per heavy atom. The molecule has 0 saturated heterocycles. The zero-order valence-electron chi connectivity index (χ0n) is 18.2. The number of carboxylic acid groups (broad SMARTS) is 1. The first-order chi connectivity index (χ1) is 16.1. The van der Waals surface area contributed by atoms with Crippen molar-refractivity contribution >= 4 is 29.2 Å². The van der Waals surface area contributed by atoms with Gasteiger partial charge in [-0.2, -0.15) is 0 Å². The van der Waals surface area contributed by atoms with Gasteiger partial charge >= 0.3 is 5.97 Å². The monoisotopic (exact) mass is 466 g/mol. The number of carbonyl (C=O) groups excluding carboxylic acids is 2. The van der Waals surface area contributed by atoms with Crippen molar-refractivity contribution in [3.63, 3.8) is 0 Å². The molecule has 0 unspecified atom stereocenters. The molecular weight excluding hydrogens is 444 g/mol. The average molecular weight is 466 g/mol. The topological polar surface area (TPSA) is 165 Å². The van der Waals surface area contributed by atoms with Crippen molar-refractivity contribution in [3.8, 4) is 23.0 Å². The molecule has 3 aromatic carbocycles. The number of carbonyl (C=O) groups is 3. The Morgan fingerprint density at radius 1 is 0.824 bits per heavy atom. The zero-order chi connectivity index (χ0) is 25.0. The van der Waals surface area contributed by atoms with Crippen LogP contribution in [0.15, 0.2) is 54.6 Å². The summed E-state index contributed by atoms with van der Waals surface area (Å²) in [6.45, 7) is 3.49. The highest BCUT2D eigenvalue weighted by atomic mass is 16.5. The summed E-state index contributed by atoms with van der Waals surface area (Å²) in [5.74, 6) is -3.83. The second-order valence-corrected chi connectivity index (χ2v) is 7.49. The van der Waals surface area contributed by atoms with E-state index in [1.165, 1.54) is 48.5 Å². The van der Waals surface area contributed by atoms with E-state index in [2.05, 4.69) is 10.6 Å². The fourth-order valence-corrected chi connectivity index (χ4v) is 3.06. The van der Waals surface area contributed by atoms with Gasteiger partial charge in [0, 0.05) is 11.8 Å². The lowest BCUT2D eigenvalue weighted by Gasteiger charge is -2.16. The van der Waals surface area contributed by atoms with Crippen LogP contribution in [0, 0.1) is 0 Å². The van der Waals surface area contributed by atoms with Crippen molar-refractivity contribution < 1.29 is 39.5 Å². The van der Waals surface area contributed by atoms with Crippen molar-refractivity contribution in [1.29, 1.82) is 0 Å². The molecule has 0 aromatic heterocycles. The molecule has 34 heavy (non-hydrogen) atoms. The molecule has 10 nitrogen and oxygen atoms in total. The summed E-state index contributed by atoms with van der Waals surface area (Å²) < 4.78 is 5.60. The van der Waals surface area contributed by atoms with Crippen LogP contribution in [0.4, 0.5) is 11.4 Å². The van der Waals surface area contributed by atoms with Crippen LogP contribution in [0.2, 0.25) is 0 Å². The summed E-state index contributed by atoms with van der Waals surface area (Å²) in [5, 5.41) is 44.1. The quantitative estimate of drug-likeness (QED) is 0.306. The Kier molecular flexibility index (Phi) is 6.91. The van der Waals surface area contributed by atoms with Gasteiger partial charge in [0.15, 0.2) is 0 Å². The van der Waals surface area contributed by atoms with E-state index in [0.29, 0.717) is 0 Å². The van der Waals surface area contributed by atoms with Crippen LogP contribution >= 0.6 is 0 Å². The van der Waals surface area contributed by atoms with E-state index in [9.17, 15) is 34.8 Å². The Labute approximate surface area is 194 Å². The molecule has 0 fully saturated rings. The first-order valence-electron chi connectivity index (χ1n) is 10.1. The normalized spacial score (nSPS) is 10.6. The molecule has 0 radical (unpaired) electrons. The van der Waals surface area contributed by atoms with Gasteiger partial charge in [-0.05, 0) is 56.3 Å². The van der Waals surface area contributed by atoms with Crippen LogP contribution in [-0.2, 0) is 0 Å². The Hall–Kier alpha value is -4.73. The van der Waals surface area contributed by atoms with E-state index in [1.54, 1.807) is 13.8 Å². The van der Waals surface area contributed by atoms with Crippen LogP contribution in [0.5, 0.6) is 23.0 Å². The predicted octanol–water partition coefficient (Wildman–Crippen LogP) is 3.79. The summed E-state index contributed by atoms with van der Waals surface area (Å²) in [7, 11) is 0. The maximum atomic E-state index is 12.7. The number of carboxylic acids is 1. The van der Waals surface area contributed by atoms with E-state index in [-0.39, 0.29) is 39.9 Å². The van der Waals surface area contributed by atoms with E-state index >= 15 is 0 Å². The van der Waals surface area contributed by atoms with Crippen molar-refractivity contribution in [2.75, 3.05) is 10.6 Å². The Bertz CT molecular complexity index is 1250. The number of amides is 2. The third-order valence-corrected chi connectivity index (χ3v) is 4.59. The summed E-state index contributed by atoms with van der Waals surface area (Å²) in [6.07, 6.45) is -0.292. The van der Waals surface area contributed by atoms with Crippen LogP contribution < -0.4 is 15.4 Å². The minimum atomic E-state index is -1.15. The fourth-order valence-electron chi connectivity index (χ4n) is 3.06. The van der Waals surface area contributed by atoms with Gasteiger partial charge in [-0.1, -0.05) is 6.07 Å². The third-order valence-electron chi connectivity index (χ3n) is 4.59. The molecule has 0 saturated carbocycles. The van der Waals surface area contributed by atoms with Crippen molar-refractivity contribution in [2.24, 2.45) is 0 Å². The average Bonchev–Trinajstić information content (AvgIpc) is 2.74. The van der Waals surface area contributed by atoms with Gasteiger partial charge in [0.2, 0.25) is 0 Å². The molecule has 0 bridgehead atoms. The van der Waals surface area contributed by atoms with Crippen LogP contribution in [0.1, 0.15) is 44.9 Å². The molecule has 0 spiro atoms. The molecule has 6 N–H and O–H groups in total. The summed E-state index contributed by atoms with van der Waals surface area (Å²) in [5.41, 5.74) is -0.175. The molecule has 10 heteroatoms. The maximum absolute atomic E-state index is 12.7. The van der Waals surface area contributed by atoms with Crippen molar-refractivity contribution in [1.82, 2.24) is 0 Å². The van der Waals surface area contributed by atoms with Gasteiger partial charge in [-0.25, -0.2) is 4.79 Å². The number of phenolic OH excluding ortho intramolecular Hbond substituents is 3. The predicted molar refractivity (Wildman–Crippen MR) is 123 cm³/mol. The summed E-state index contributed by atoms with van der Waals surface area (Å²) in [4.78, 5) is 36.4. The highest BCUT2D eigenvalue weighted by molar-refractivity contribution is 6.10. The first kappa shape index (κ1) is 23.9. The number of aromatic carboxylic acids is 1. The number of hydrogen-bond donors (Lipinski definition) is 6. The lowest BCUT2D eigenvalue weighted by atomic mass is 10.1. The number of anilines is 2. The number of benzene rings is 3. The largest absolute Gasteiger partial charge is 0.507 e. The van der Waals surface area contributed by atoms with E-state index < -0.39 is 35.0 Å².